The molecule has 0 heterocycles. The predicted molar refractivity (Wildman–Crippen MR) is 81.9 cm³/mol. The second kappa shape index (κ2) is 7.09. The van der Waals surface area contributed by atoms with Crippen molar-refractivity contribution < 1.29 is 9.47 Å². The SMILES string of the molecule is COc1cccc(C(OC2CCC(C)CC2)C(C)N)c1. The molecule has 0 bridgehead atoms. The van der Waals surface area contributed by atoms with Gasteiger partial charge in [0, 0.05) is 6.04 Å². The van der Waals surface area contributed by atoms with E-state index < -0.39 is 0 Å². The van der Waals surface area contributed by atoms with E-state index in [9.17, 15) is 0 Å². The number of hydrogen-bond acceptors (Lipinski definition) is 3. The van der Waals surface area contributed by atoms with Gasteiger partial charge in [0.2, 0.25) is 0 Å². The fourth-order valence-corrected chi connectivity index (χ4v) is 2.90. The van der Waals surface area contributed by atoms with Gasteiger partial charge in [-0.15, -0.1) is 0 Å². The summed E-state index contributed by atoms with van der Waals surface area (Å²) in [7, 11) is 1.68. The summed E-state index contributed by atoms with van der Waals surface area (Å²) >= 11 is 0. The summed E-state index contributed by atoms with van der Waals surface area (Å²) in [5.41, 5.74) is 7.25. The largest absolute Gasteiger partial charge is 0.497 e. The molecule has 1 saturated carbocycles. The third kappa shape index (κ3) is 3.97. The maximum atomic E-state index is 6.31. The van der Waals surface area contributed by atoms with E-state index >= 15 is 0 Å². The Kier molecular flexibility index (Phi) is 5.44. The minimum absolute atomic E-state index is 0.0264. The van der Waals surface area contributed by atoms with Crippen LogP contribution in [0.1, 0.15) is 51.2 Å². The molecule has 2 N–H and O–H groups in total. The van der Waals surface area contributed by atoms with Crippen LogP contribution in [0, 0.1) is 5.92 Å². The van der Waals surface area contributed by atoms with E-state index in [1.165, 1.54) is 12.8 Å². The quantitative estimate of drug-likeness (QED) is 0.893. The van der Waals surface area contributed by atoms with Gasteiger partial charge in [-0.1, -0.05) is 19.1 Å². The number of nitrogens with two attached hydrogens (primary N) is 1. The van der Waals surface area contributed by atoms with Gasteiger partial charge < -0.3 is 15.2 Å². The van der Waals surface area contributed by atoms with Crippen LogP contribution < -0.4 is 10.5 Å². The lowest BCUT2D eigenvalue weighted by atomic mass is 9.88. The lowest BCUT2D eigenvalue weighted by Crippen LogP contribution is -2.32. The molecule has 2 atom stereocenters. The molecule has 112 valence electrons. The molecule has 1 aromatic carbocycles. The zero-order valence-electron chi connectivity index (χ0n) is 12.8. The highest BCUT2D eigenvalue weighted by molar-refractivity contribution is 5.30. The average molecular weight is 277 g/mol. The standard InChI is InChI=1S/C17H27NO2/c1-12-7-9-15(10-8-12)20-17(13(2)18)14-5-4-6-16(11-14)19-3/h4-6,11-13,15,17H,7-10,18H2,1-3H3. The molecule has 1 aliphatic carbocycles. The van der Waals surface area contributed by atoms with E-state index in [2.05, 4.69) is 13.0 Å². The first kappa shape index (κ1) is 15.3. The molecule has 3 nitrogen and oxygen atoms in total. The Bertz CT molecular complexity index is 411. The van der Waals surface area contributed by atoms with Gasteiger partial charge in [0.05, 0.1) is 19.3 Å². The summed E-state index contributed by atoms with van der Waals surface area (Å²) in [6.07, 6.45) is 5.10. The van der Waals surface area contributed by atoms with Crippen molar-refractivity contribution in [3.63, 3.8) is 0 Å². The van der Waals surface area contributed by atoms with Gasteiger partial charge in [0.15, 0.2) is 0 Å². The van der Waals surface area contributed by atoms with Crippen LogP contribution in [0.15, 0.2) is 24.3 Å². The van der Waals surface area contributed by atoms with Crippen LogP contribution in [0.4, 0.5) is 0 Å². The van der Waals surface area contributed by atoms with Gasteiger partial charge in [0.25, 0.3) is 0 Å². The van der Waals surface area contributed by atoms with Crippen LogP contribution in [0.3, 0.4) is 0 Å². The molecule has 0 aromatic heterocycles. The second-order valence-corrected chi connectivity index (χ2v) is 6.07. The zero-order chi connectivity index (χ0) is 14.5. The van der Waals surface area contributed by atoms with Crippen molar-refractivity contribution >= 4 is 0 Å². The van der Waals surface area contributed by atoms with Crippen molar-refractivity contribution in [2.75, 3.05) is 7.11 Å². The van der Waals surface area contributed by atoms with Gasteiger partial charge in [0.1, 0.15) is 5.75 Å². The van der Waals surface area contributed by atoms with Crippen molar-refractivity contribution in [1.82, 2.24) is 0 Å². The fraction of sp³-hybridized carbons (Fsp3) is 0.647. The van der Waals surface area contributed by atoms with Crippen LogP contribution in [-0.2, 0) is 4.74 Å². The topological polar surface area (TPSA) is 44.5 Å². The highest BCUT2D eigenvalue weighted by atomic mass is 16.5. The number of rotatable bonds is 5. The molecule has 0 spiro atoms. The molecular formula is C17H27NO2. The van der Waals surface area contributed by atoms with Gasteiger partial charge in [-0.3, -0.25) is 0 Å². The highest BCUT2D eigenvalue weighted by Crippen LogP contribution is 2.31. The first-order valence-electron chi connectivity index (χ1n) is 7.65. The van der Waals surface area contributed by atoms with E-state index in [0.717, 1.165) is 30.1 Å². The Morgan fingerprint density at radius 3 is 2.50 bits per heavy atom. The Balaban J connectivity index is 2.06. The minimum atomic E-state index is -0.0523. The van der Waals surface area contributed by atoms with E-state index in [-0.39, 0.29) is 12.1 Å². The molecule has 0 radical (unpaired) electrons. The third-order valence-corrected chi connectivity index (χ3v) is 4.20. The van der Waals surface area contributed by atoms with Crippen LogP contribution in [0.25, 0.3) is 0 Å². The molecule has 0 saturated heterocycles. The lowest BCUT2D eigenvalue weighted by Gasteiger charge is -2.32. The Morgan fingerprint density at radius 2 is 1.90 bits per heavy atom. The molecule has 1 aromatic rings. The van der Waals surface area contributed by atoms with E-state index in [1.54, 1.807) is 7.11 Å². The van der Waals surface area contributed by atoms with Crippen LogP contribution in [0.2, 0.25) is 0 Å². The van der Waals surface area contributed by atoms with Gasteiger partial charge >= 0.3 is 0 Å². The first-order valence-corrected chi connectivity index (χ1v) is 7.65. The van der Waals surface area contributed by atoms with Crippen molar-refractivity contribution in [3.05, 3.63) is 29.8 Å². The fourth-order valence-electron chi connectivity index (χ4n) is 2.90. The molecule has 1 fully saturated rings. The maximum absolute atomic E-state index is 6.31. The molecule has 3 heteroatoms. The van der Waals surface area contributed by atoms with Gasteiger partial charge in [-0.25, -0.2) is 0 Å². The van der Waals surface area contributed by atoms with Crippen LogP contribution in [-0.4, -0.2) is 19.3 Å². The van der Waals surface area contributed by atoms with Crippen molar-refractivity contribution in [2.45, 2.75) is 57.8 Å². The maximum Gasteiger partial charge on any atom is 0.119 e. The molecule has 20 heavy (non-hydrogen) atoms. The minimum Gasteiger partial charge on any atom is -0.497 e. The highest BCUT2D eigenvalue weighted by Gasteiger charge is 2.25. The smallest absolute Gasteiger partial charge is 0.119 e. The number of benzene rings is 1. The Morgan fingerprint density at radius 1 is 1.20 bits per heavy atom. The monoisotopic (exact) mass is 277 g/mol. The van der Waals surface area contributed by atoms with Crippen LogP contribution in [0.5, 0.6) is 5.75 Å². The first-order chi connectivity index (χ1) is 9.60. The Hall–Kier alpha value is -1.06. The molecule has 0 amide bonds. The molecule has 0 aliphatic heterocycles. The van der Waals surface area contributed by atoms with Crippen LogP contribution >= 0.6 is 0 Å². The molecular weight excluding hydrogens is 250 g/mol. The zero-order valence-corrected chi connectivity index (χ0v) is 12.8. The third-order valence-electron chi connectivity index (χ3n) is 4.20. The summed E-state index contributed by atoms with van der Waals surface area (Å²) in [6, 6.07) is 8.02. The van der Waals surface area contributed by atoms with Gasteiger partial charge in [-0.2, -0.15) is 0 Å². The summed E-state index contributed by atoms with van der Waals surface area (Å²) in [5, 5.41) is 0. The van der Waals surface area contributed by atoms with E-state index in [4.69, 9.17) is 15.2 Å². The van der Waals surface area contributed by atoms with E-state index in [1.807, 2.05) is 25.1 Å². The lowest BCUT2D eigenvalue weighted by molar-refractivity contribution is -0.0459. The van der Waals surface area contributed by atoms with Crippen molar-refractivity contribution in [1.29, 1.82) is 0 Å². The number of ether oxygens (including phenoxy) is 2. The van der Waals surface area contributed by atoms with Gasteiger partial charge in [-0.05, 0) is 56.2 Å². The summed E-state index contributed by atoms with van der Waals surface area (Å²) < 4.78 is 11.6. The molecule has 2 rings (SSSR count). The predicted octanol–water partition coefficient (Wildman–Crippen LogP) is 3.68. The molecule has 2 unspecified atom stereocenters. The number of hydrogen-bond donors (Lipinski definition) is 1. The van der Waals surface area contributed by atoms with Crippen molar-refractivity contribution in [3.8, 4) is 5.75 Å². The molecule has 1 aliphatic rings. The summed E-state index contributed by atoms with van der Waals surface area (Å²) in [5.74, 6) is 1.69. The Labute approximate surface area is 122 Å². The second-order valence-electron chi connectivity index (χ2n) is 6.07. The average Bonchev–Trinajstić information content (AvgIpc) is 2.46. The van der Waals surface area contributed by atoms with Crippen molar-refractivity contribution in [2.24, 2.45) is 11.7 Å². The normalized spacial score (nSPS) is 26.0. The summed E-state index contributed by atoms with van der Waals surface area (Å²) in [4.78, 5) is 0. The van der Waals surface area contributed by atoms with E-state index in [0.29, 0.717) is 6.10 Å². The summed E-state index contributed by atoms with van der Waals surface area (Å²) in [6.45, 7) is 4.33. The number of methoxy groups -OCH3 is 1.